The minimum absolute atomic E-state index is 0. The Labute approximate surface area is 97.2 Å². The highest BCUT2D eigenvalue weighted by Gasteiger charge is 2.12. The third kappa shape index (κ3) is 4.64. The van der Waals surface area contributed by atoms with Gasteiger partial charge in [0.1, 0.15) is 0 Å². The van der Waals surface area contributed by atoms with Crippen LogP contribution in [-0.2, 0) is 9.84 Å². The molecule has 0 aliphatic heterocycles. The molecule has 1 aromatic rings. The summed E-state index contributed by atoms with van der Waals surface area (Å²) >= 11 is 0. The van der Waals surface area contributed by atoms with Crippen molar-refractivity contribution in [2.24, 2.45) is 0 Å². The van der Waals surface area contributed by atoms with Gasteiger partial charge in [-0.05, 0) is 18.7 Å². The Hall–Kier alpha value is -0.580. The topological polar surface area (TPSA) is 46.2 Å². The molecule has 0 radical (unpaired) electrons. The minimum Gasteiger partial charge on any atom is -0.316 e. The molecule has 5 heteroatoms. The molecule has 0 saturated heterocycles. The number of hydrogen-bond donors (Lipinski definition) is 1. The smallest absolute Gasteiger partial charge is 0.179 e. The van der Waals surface area contributed by atoms with Gasteiger partial charge in [-0.3, -0.25) is 0 Å². The van der Waals surface area contributed by atoms with E-state index < -0.39 is 9.84 Å². The lowest BCUT2D eigenvalue weighted by Crippen LogP contribution is -2.22. The van der Waals surface area contributed by atoms with E-state index >= 15 is 0 Å². The molecule has 0 atom stereocenters. The summed E-state index contributed by atoms with van der Waals surface area (Å²) in [5, 5.41) is 2.99. The maximum Gasteiger partial charge on any atom is 0.179 e. The van der Waals surface area contributed by atoms with E-state index in [1.54, 1.807) is 24.3 Å². The van der Waals surface area contributed by atoms with Crippen molar-refractivity contribution in [3.63, 3.8) is 0 Å². The van der Waals surface area contributed by atoms with Crippen LogP contribution in [0.3, 0.4) is 0 Å². The van der Waals surface area contributed by atoms with Crippen LogP contribution >= 0.6 is 12.4 Å². The van der Waals surface area contributed by atoms with Crippen LogP contribution in [0.25, 0.3) is 0 Å². The lowest BCUT2D eigenvalue weighted by molar-refractivity contribution is 0.592. The van der Waals surface area contributed by atoms with E-state index in [-0.39, 0.29) is 18.2 Å². The lowest BCUT2D eigenvalue weighted by Gasteiger charge is -2.04. The number of nitrogens with one attached hydrogen (secondary N) is 1. The second-order valence-electron chi connectivity index (χ2n) is 2.99. The van der Waals surface area contributed by atoms with Crippen LogP contribution in [0.1, 0.15) is 6.92 Å². The third-order valence-electron chi connectivity index (χ3n) is 1.90. The van der Waals surface area contributed by atoms with Crippen molar-refractivity contribution >= 4 is 22.2 Å². The average molecular weight is 250 g/mol. The van der Waals surface area contributed by atoms with Crippen molar-refractivity contribution in [3.05, 3.63) is 30.3 Å². The van der Waals surface area contributed by atoms with Crippen LogP contribution in [-0.4, -0.2) is 27.3 Å². The van der Waals surface area contributed by atoms with Crippen LogP contribution < -0.4 is 5.32 Å². The van der Waals surface area contributed by atoms with Gasteiger partial charge in [0.05, 0.1) is 10.6 Å². The Kier molecular flexibility index (Phi) is 6.56. The predicted molar refractivity (Wildman–Crippen MR) is 64.3 cm³/mol. The predicted octanol–water partition coefficient (Wildman–Crippen LogP) is 1.49. The van der Waals surface area contributed by atoms with Gasteiger partial charge in [0.15, 0.2) is 9.84 Å². The van der Waals surface area contributed by atoms with Gasteiger partial charge in [-0.2, -0.15) is 0 Å². The molecule has 1 N–H and O–H groups in total. The van der Waals surface area contributed by atoms with Crippen LogP contribution in [0, 0.1) is 0 Å². The maximum absolute atomic E-state index is 11.7. The van der Waals surface area contributed by atoms with Crippen molar-refractivity contribution in [3.8, 4) is 0 Å². The summed E-state index contributed by atoms with van der Waals surface area (Å²) in [6.45, 7) is 3.26. The third-order valence-corrected chi connectivity index (χ3v) is 3.63. The monoisotopic (exact) mass is 249 g/mol. The fourth-order valence-electron chi connectivity index (χ4n) is 1.13. The Morgan fingerprint density at radius 3 is 2.33 bits per heavy atom. The summed E-state index contributed by atoms with van der Waals surface area (Å²) < 4.78 is 23.3. The molecule has 0 saturated carbocycles. The van der Waals surface area contributed by atoms with Crippen LogP contribution in [0.4, 0.5) is 0 Å². The molecule has 0 fully saturated rings. The van der Waals surface area contributed by atoms with E-state index in [9.17, 15) is 8.42 Å². The summed E-state index contributed by atoms with van der Waals surface area (Å²) in [5.74, 6) is 0.158. The van der Waals surface area contributed by atoms with Gasteiger partial charge in [0.25, 0.3) is 0 Å². The van der Waals surface area contributed by atoms with Gasteiger partial charge in [-0.15, -0.1) is 12.4 Å². The quantitative estimate of drug-likeness (QED) is 0.805. The molecule has 0 aliphatic rings. The Bertz CT molecular complexity index is 364. The molecule has 0 aromatic heterocycles. The summed E-state index contributed by atoms with van der Waals surface area (Å²) in [5.41, 5.74) is 0. The molecule has 1 rings (SSSR count). The van der Waals surface area contributed by atoms with Gasteiger partial charge >= 0.3 is 0 Å². The lowest BCUT2D eigenvalue weighted by atomic mass is 10.4. The fourth-order valence-corrected chi connectivity index (χ4v) is 2.35. The van der Waals surface area contributed by atoms with Crippen molar-refractivity contribution in [1.82, 2.24) is 5.32 Å². The van der Waals surface area contributed by atoms with E-state index in [0.29, 0.717) is 11.4 Å². The van der Waals surface area contributed by atoms with Crippen LogP contribution in [0.2, 0.25) is 0 Å². The first-order chi connectivity index (χ1) is 6.67. The normalized spacial score (nSPS) is 10.7. The largest absolute Gasteiger partial charge is 0.316 e. The second-order valence-corrected chi connectivity index (χ2v) is 5.09. The van der Waals surface area contributed by atoms with E-state index in [1.165, 1.54) is 0 Å². The number of halogens is 1. The summed E-state index contributed by atoms with van der Waals surface area (Å²) in [6.07, 6.45) is 0. The zero-order chi connectivity index (χ0) is 10.4. The zero-order valence-corrected chi connectivity index (χ0v) is 10.3. The van der Waals surface area contributed by atoms with Crippen LogP contribution in [0.5, 0.6) is 0 Å². The van der Waals surface area contributed by atoms with Gasteiger partial charge in [0, 0.05) is 6.54 Å². The second kappa shape index (κ2) is 6.82. The van der Waals surface area contributed by atoms with Crippen molar-refractivity contribution < 1.29 is 8.42 Å². The summed E-state index contributed by atoms with van der Waals surface area (Å²) in [7, 11) is -3.10. The van der Waals surface area contributed by atoms with E-state index in [0.717, 1.165) is 6.54 Å². The first-order valence-electron chi connectivity index (χ1n) is 4.65. The highest BCUT2D eigenvalue weighted by Crippen LogP contribution is 2.08. The van der Waals surface area contributed by atoms with E-state index in [2.05, 4.69) is 5.32 Å². The molecule has 0 aliphatic carbocycles. The first kappa shape index (κ1) is 14.4. The minimum atomic E-state index is -3.10. The van der Waals surface area contributed by atoms with E-state index in [4.69, 9.17) is 0 Å². The molecule has 15 heavy (non-hydrogen) atoms. The molecule has 0 amide bonds. The molecule has 0 unspecified atom stereocenters. The zero-order valence-electron chi connectivity index (χ0n) is 8.64. The molecular weight excluding hydrogens is 234 g/mol. The molecule has 0 bridgehead atoms. The van der Waals surface area contributed by atoms with Gasteiger partial charge in [-0.25, -0.2) is 8.42 Å². The standard InChI is InChI=1S/C10H15NO2S.ClH/c1-2-11-8-9-14(12,13)10-6-4-3-5-7-10;/h3-7,11H,2,8-9H2,1H3;1H. The molecule has 0 spiro atoms. The summed E-state index contributed by atoms with van der Waals surface area (Å²) in [6, 6.07) is 8.53. The maximum atomic E-state index is 11.7. The molecule has 0 heterocycles. The van der Waals surface area contributed by atoms with Gasteiger partial charge in [-0.1, -0.05) is 25.1 Å². The molecule has 1 aromatic carbocycles. The Morgan fingerprint density at radius 2 is 1.80 bits per heavy atom. The van der Waals surface area contributed by atoms with Gasteiger partial charge in [0.2, 0.25) is 0 Å². The van der Waals surface area contributed by atoms with Gasteiger partial charge < -0.3 is 5.32 Å². The number of rotatable bonds is 5. The number of sulfone groups is 1. The van der Waals surface area contributed by atoms with E-state index in [1.807, 2.05) is 13.0 Å². The highest BCUT2D eigenvalue weighted by atomic mass is 35.5. The van der Waals surface area contributed by atoms with Crippen molar-refractivity contribution in [2.75, 3.05) is 18.8 Å². The SMILES string of the molecule is CCNCCS(=O)(=O)c1ccccc1.Cl. The molecule has 86 valence electrons. The summed E-state index contributed by atoms with van der Waals surface area (Å²) in [4.78, 5) is 0.401. The number of benzene rings is 1. The number of hydrogen-bond acceptors (Lipinski definition) is 3. The Balaban J connectivity index is 0.00000196. The average Bonchev–Trinajstić information content (AvgIpc) is 2.19. The van der Waals surface area contributed by atoms with Crippen LogP contribution in [0.15, 0.2) is 35.2 Å². The van der Waals surface area contributed by atoms with Crippen molar-refractivity contribution in [1.29, 1.82) is 0 Å². The molecule has 3 nitrogen and oxygen atoms in total. The first-order valence-corrected chi connectivity index (χ1v) is 6.30. The van der Waals surface area contributed by atoms with Crippen molar-refractivity contribution in [2.45, 2.75) is 11.8 Å². The molecular formula is C10H16ClNO2S. The Morgan fingerprint density at radius 1 is 1.20 bits per heavy atom. The highest BCUT2D eigenvalue weighted by molar-refractivity contribution is 7.91. The fraction of sp³-hybridized carbons (Fsp3) is 0.400.